The number of hydrogen-bond acceptors (Lipinski definition) is 2. The normalized spacial score (nSPS) is 16.8. The molecule has 0 aliphatic carbocycles. The third-order valence-electron chi connectivity index (χ3n) is 3.20. The first-order valence-corrected chi connectivity index (χ1v) is 6.29. The van der Waals surface area contributed by atoms with E-state index in [0.29, 0.717) is 11.4 Å². The van der Waals surface area contributed by atoms with Crippen LogP contribution in [0.25, 0.3) is 0 Å². The molecule has 0 amide bonds. The minimum Gasteiger partial charge on any atom is -0.485 e. The Morgan fingerprint density at radius 1 is 1.26 bits per heavy atom. The molecule has 96 valence electrons. The van der Waals surface area contributed by atoms with Crippen molar-refractivity contribution in [3.8, 4) is 5.75 Å². The van der Waals surface area contributed by atoms with Crippen LogP contribution in [0, 0.1) is 0 Å². The van der Waals surface area contributed by atoms with E-state index in [0.717, 1.165) is 16.9 Å². The highest BCUT2D eigenvalue weighted by Gasteiger charge is 2.25. The molecule has 0 fully saturated rings. The standard InChI is InChI=1S/C15H11ClO3/c16-12-4-5-13-11(7-12)8-14(19-13)9-2-1-3-10(6-9)15(17)18/h1-7,14H,8H2,(H,17,18). The molecule has 0 aromatic heterocycles. The summed E-state index contributed by atoms with van der Waals surface area (Å²) in [4.78, 5) is 11.0. The molecule has 1 N–H and O–H groups in total. The van der Waals surface area contributed by atoms with Crippen LogP contribution in [0.2, 0.25) is 5.02 Å². The van der Waals surface area contributed by atoms with Gasteiger partial charge in [0.05, 0.1) is 5.56 Å². The van der Waals surface area contributed by atoms with Gasteiger partial charge in [0.1, 0.15) is 11.9 Å². The minimum absolute atomic E-state index is 0.146. The highest BCUT2D eigenvalue weighted by atomic mass is 35.5. The zero-order valence-corrected chi connectivity index (χ0v) is 10.7. The third-order valence-corrected chi connectivity index (χ3v) is 3.44. The fourth-order valence-electron chi connectivity index (χ4n) is 2.28. The van der Waals surface area contributed by atoms with Gasteiger partial charge in [-0.3, -0.25) is 0 Å². The van der Waals surface area contributed by atoms with Crippen LogP contribution in [0.1, 0.15) is 27.6 Å². The first-order chi connectivity index (χ1) is 9.13. The SMILES string of the molecule is O=C(O)c1cccc(C2Cc3cc(Cl)ccc3O2)c1. The average Bonchev–Trinajstić information content (AvgIpc) is 2.81. The van der Waals surface area contributed by atoms with Crippen LogP contribution < -0.4 is 4.74 Å². The summed E-state index contributed by atoms with van der Waals surface area (Å²) in [6, 6.07) is 12.4. The van der Waals surface area contributed by atoms with Gasteiger partial charge in [0.15, 0.2) is 0 Å². The van der Waals surface area contributed by atoms with Crippen LogP contribution >= 0.6 is 11.6 Å². The number of aromatic carboxylic acids is 1. The fraction of sp³-hybridized carbons (Fsp3) is 0.133. The lowest BCUT2D eigenvalue weighted by Crippen LogP contribution is -2.05. The maximum atomic E-state index is 11.0. The molecule has 1 atom stereocenters. The van der Waals surface area contributed by atoms with Gasteiger partial charge in [-0.1, -0.05) is 23.7 Å². The van der Waals surface area contributed by atoms with Crippen molar-refractivity contribution in [1.29, 1.82) is 0 Å². The van der Waals surface area contributed by atoms with Gasteiger partial charge in [0.25, 0.3) is 0 Å². The van der Waals surface area contributed by atoms with Crippen molar-refractivity contribution in [2.75, 3.05) is 0 Å². The summed E-state index contributed by atoms with van der Waals surface area (Å²) < 4.78 is 5.83. The highest BCUT2D eigenvalue weighted by molar-refractivity contribution is 6.30. The van der Waals surface area contributed by atoms with Gasteiger partial charge in [-0.2, -0.15) is 0 Å². The van der Waals surface area contributed by atoms with E-state index in [1.807, 2.05) is 18.2 Å². The lowest BCUT2D eigenvalue weighted by molar-refractivity contribution is 0.0696. The Balaban J connectivity index is 1.90. The van der Waals surface area contributed by atoms with Gasteiger partial charge in [0.2, 0.25) is 0 Å². The highest BCUT2D eigenvalue weighted by Crippen LogP contribution is 2.37. The smallest absolute Gasteiger partial charge is 0.335 e. The van der Waals surface area contributed by atoms with E-state index < -0.39 is 5.97 Å². The number of fused-ring (bicyclic) bond motifs is 1. The molecule has 1 aliphatic heterocycles. The number of carboxylic acid groups (broad SMARTS) is 1. The van der Waals surface area contributed by atoms with E-state index in [9.17, 15) is 4.79 Å². The number of carbonyl (C=O) groups is 1. The predicted octanol–water partition coefficient (Wildman–Crippen LogP) is 3.71. The molecule has 2 aromatic rings. The summed E-state index contributed by atoms with van der Waals surface area (Å²) in [5.41, 5.74) is 2.19. The molecule has 1 heterocycles. The zero-order valence-electron chi connectivity index (χ0n) is 9.97. The summed E-state index contributed by atoms with van der Waals surface area (Å²) in [5.74, 6) is -0.115. The first kappa shape index (κ1) is 12.1. The Morgan fingerprint density at radius 3 is 2.89 bits per heavy atom. The molecule has 0 spiro atoms. The summed E-state index contributed by atoms with van der Waals surface area (Å²) in [7, 11) is 0. The van der Waals surface area contributed by atoms with Crippen LogP contribution in [0.5, 0.6) is 5.75 Å². The van der Waals surface area contributed by atoms with Crippen molar-refractivity contribution in [3.63, 3.8) is 0 Å². The second kappa shape index (κ2) is 4.59. The number of benzene rings is 2. The summed E-state index contributed by atoms with van der Waals surface area (Å²) >= 11 is 5.95. The summed E-state index contributed by atoms with van der Waals surface area (Å²) in [6.45, 7) is 0. The van der Waals surface area contributed by atoms with E-state index in [1.54, 1.807) is 24.3 Å². The van der Waals surface area contributed by atoms with E-state index >= 15 is 0 Å². The van der Waals surface area contributed by atoms with Crippen LogP contribution in [0.3, 0.4) is 0 Å². The molecule has 1 aliphatic rings. The van der Waals surface area contributed by atoms with Gasteiger partial charge in [0, 0.05) is 11.4 Å². The predicted molar refractivity (Wildman–Crippen MR) is 71.9 cm³/mol. The van der Waals surface area contributed by atoms with Crippen molar-refractivity contribution in [1.82, 2.24) is 0 Å². The third kappa shape index (κ3) is 2.29. The van der Waals surface area contributed by atoms with Crippen LogP contribution in [-0.2, 0) is 6.42 Å². The van der Waals surface area contributed by atoms with Gasteiger partial charge >= 0.3 is 5.97 Å². The molecule has 1 unspecified atom stereocenters. The Labute approximate surface area is 115 Å². The van der Waals surface area contributed by atoms with Crippen LogP contribution in [-0.4, -0.2) is 11.1 Å². The second-order valence-corrected chi connectivity index (χ2v) is 4.93. The van der Waals surface area contributed by atoms with Crippen molar-refractivity contribution in [3.05, 3.63) is 64.2 Å². The van der Waals surface area contributed by atoms with Crippen LogP contribution in [0.15, 0.2) is 42.5 Å². The van der Waals surface area contributed by atoms with Gasteiger partial charge in [-0.25, -0.2) is 4.79 Å². The number of carboxylic acids is 1. The van der Waals surface area contributed by atoms with E-state index in [1.165, 1.54) is 0 Å². The zero-order chi connectivity index (χ0) is 13.4. The lowest BCUT2D eigenvalue weighted by atomic mass is 10.0. The second-order valence-electron chi connectivity index (χ2n) is 4.49. The van der Waals surface area contributed by atoms with E-state index in [-0.39, 0.29) is 11.7 Å². The van der Waals surface area contributed by atoms with Crippen molar-refractivity contribution >= 4 is 17.6 Å². The van der Waals surface area contributed by atoms with E-state index in [2.05, 4.69) is 0 Å². The van der Waals surface area contributed by atoms with Gasteiger partial charge in [-0.15, -0.1) is 0 Å². The maximum absolute atomic E-state index is 11.0. The summed E-state index contributed by atoms with van der Waals surface area (Å²) in [5, 5.41) is 9.69. The quantitative estimate of drug-likeness (QED) is 0.908. The molecular weight excluding hydrogens is 264 g/mol. The lowest BCUT2D eigenvalue weighted by Gasteiger charge is -2.11. The Morgan fingerprint density at radius 2 is 2.11 bits per heavy atom. The molecule has 0 saturated carbocycles. The molecule has 4 heteroatoms. The Bertz CT molecular complexity index is 652. The maximum Gasteiger partial charge on any atom is 0.335 e. The van der Waals surface area contributed by atoms with Crippen molar-refractivity contribution in [2.24, 2.45) is 0 Å². The molecular formula is C15H11ClO3. The molecule has 0 saturated heterocycles. The van der Waals surface area contributed by atoms with Gasteiger partial charge in [-0.05, 0) is 41.5 Å². The molecule has 19 heavy (non-hydrogen) atoms. The minimum atomic E-state index is -0.930. The monoisotopic (exact) mass is 274 g/mol. The number of rotatable bonds is 2. The largest absolute Gasteiger partial charge is 0.485 e. The summed E-state index contributed by atoms with van der Waals surface area (Å²) in [6.07, 6.45) is 0.562. The fourth-order valence-corrected chi connectivity index (χ4v) is 2.47. The average molecular weight is 275 g/mol. The molecule has 0 radical (unpaired) electrons. The van der Waals surface area contributed by atoms with Gasteiger partial charge < -0.3 is 9.84 Å². The van der Waals surface area contributed by atoms with Crippen molar-refractivity contribution in [2.45, 2.75) is 12.5 Å². The molecule has 3 nitrogen and oxygen atoms in total. The Hall–Kier alpha value is -2.00. The first-order valence-electron chi connectivity index (χ1n) is 5.92. The van der Waals surface area contributed by atoms with Crippen molar-refractivity contribution < 1.29 is 14.6 Å². The van der Waals surface area contributed by atoms with Crippen LogP contribution in [0.4, 0.5) is 0 Å². The number of ether oxygens (including phenoxy) is 1. The van der Waals surface area contributed by atoms with E-state index in [4.69, 9.17) is 21.4 Å². The number of halogens is 1. The topological polar surface area (TPSA) is 46.5 Å². The Kier molecular flexibility index (Phi) is 2.91. The molecule has 2 aromatic carbocycles. The molecule has 3 rings (SSSR count). The molecule has 0 bridgehead atoms. The number of hydrogen-bond donors (Lipinski definition) is 1.